The van der Waals surface area contributed by atoms with Gasteiger partial charge in [-0.2, -0.15) is 0 Å². The molecule has 1 amide bonds. The van der Waals surface area contributed by atoms with E-state index in [1.54, 1.807) is 25.6 Å². The van der Waals surface area contributed by atoms with Gasteiger partial charge in [0.1, 0.15) is 18.2 Å². The second kappa shape index (κ2) is 13.0. The lowest BCUT2D eigenvalue weighted by molar-refractivity contribution is -0.256. The van der Waals surface area contributed by atoms with Crippen LogP contribution in [0.5, 0.6) is 0 Å². The molecular weight excluding hydrogens is 578 g/mol. The van der Waals surface area contributed by atoms with Crippen LogP contribution >= 0.6 is 0 Å². The van der Waals surface area contributed by atoms with Crippen LogP contribution in [0.15, 0.2) is 134 Å². The number of nitrogens with one attached hydrogen (secondary N) is 1. The molecule has 1 fully saturated rings. The molecular formula is C37H33N5O4. The standard InChI is InChI=1S/C37H33N5O4/c1-44-23-31-30(22-45-37(27-16-8-3-9-17-27,28-18-10-4-11-19-28)29-20-12-5-13-21-29)36(46-31)42-25-40-32-33(38-24-39-34(32)42)41-35(43)26-14-6-2-7-15-26/h2-21,24-25,30-31,36H,22-23H2,1H3,(H,38,39,41,43)/t30-,31-,36-/m1/s1. The minimum Gasteiger partial charge on any atom is -0.382 e. The Bertz CT molecular complexity index is 1810. The molecule has 46 heavy (non-hydrogen) atoms. The molecule has 0 unspecified atom stereocenters. The number of nitrogens with zero attached hydrogens (tertiary/aromatic N) is 4. The molecule has 2 aromatic heterocycles. The Morgan fingerprint density at radius 2 is 1.35 bits per heavy atom. The second-order valence-corrected chi connectivity index (χ2v) is 11.1. The zero-order valence-corrected chi connectivity index (χ0v) is 25.3. The minimum atomic E-state index is -0.879. The average molecular weight is 612 g/mol. The van der Waals surface area contributed by atoms with Crippen LogP contribution in [-0.4, -0.2) is 51.9 Å². The highest BCUT2D eigenvalue weighted by molar-refractivity contribution is 6.06. The molecule has 0 aliphatic carbocycles. The number of ether oxygens (including phenoxy) is 3. The van der Waals surface area contributed by atoms with Gasteiger partial charge in [-0.15, -0.1) is 0 Å². The van der Waals surface area contributed by atoms with Gasteiger partial charge in [-0.3, -0.25) is 9.36 Å². The molecule has 7 rings (SSSR count). The van der Waals surface area contributed by atoms with Crippen molar-refractivity contribution >= 4 is 22.9 Å². The number of carbonyl (C=O) groups is 1. The molecule has 4 aromatic carbocycles. The first-order valence-corrected chi connectivity index (χ1v) is 15.2. The number of aromatic nitrogens is 4. The number of imidazole rings is 1. The van der Waals surface area contributed by atoms with E-state index in [0.29, 0.717) is 35.8 Å². The van der Waals surface area contributed by atoms with E-state index in [1.807, 2.05) is 77.4 Å². The summed E-state index contributed by atoms with van der Waals surface area (Å²) in [5.41, 5.74) is 3.72. The first kappa shape index (κ1) is 29.5. The largest absolute Gasteiger partial charge is 0.382 e. The summed E-state index contributed by atoms with van der Waals surface area (Å²) in [7, 11) is 1.67. The number of hydrogen-bond acceptors (Lipinski definition) is 7. The number of carbonyl (C=O) groups excluding carboxylic acids is 1. The summed E-state index contributed by atoms with van der Waals surface area (Å²) in [6.45, 7) is 0.749. The smallest absolute Gasteiger partial charge is 0.256 e. The van der Waals surface area contributed by atoms with Gasteiger partial charge in [-0.05, 0) is 28.8 Å². The first-order valence-electron chi connectivity index (χ1n) is 15.2. The quantitative estimate of drug-likeness (QED) is 0.173. The van der Waals surface area contributed by atoms with Gasteiger partial charge in [0.25, 0.3) is 5.91 Å². The number of fused-ring (bicyclic) bond motifs is 1. The third-order valence-corrected chi connectivity index (χ3v) is 8.42. The Hall–Kier alpha value is -5.22. The molecule has 0 radical (unpaired) electrons. The molecule has 0 spiro atoms. The van der Waals surface area contributed by atoms with Crippen LogP contribution in [0.3, 0.4) is 0 Å². The highest BCUT2D eigenvalue weighted by Crippen LogP contribution is 2.45. The molecule has 3 atom stereocenters. The van der Waals surface area contributed by atoms with Crippen molar-refractivity contribution in [2.24, 2.45) is 5.92 Å². The lowest BCUT2D eigenvalue weighted by atomic mass is 9.79. The maximum atomic E-state index is 12.9. The zero-order valence-electron chi connectivity index (χ0n) is 25.3. The number of hydrogen-bond donors (Lipinski definition) is 1. The summed E-state index contributed by atoms with van der Waals surface area (Å²) in [5, 5.41) is 2.88. The molecule has 1 aliphatic heterocycles. The summed E-state index contributed by atoms with van der Waals surface area (Å²) in [4.78, 5) is 26.3. The Morgan fingerprint density at radius 3 is 1.91 bits per heavy atom. The topological polar surface area (TPSA) is 100 Å². The van der Waals surface area contributed by atoms with Crippen molar-refractivity contribution in [3.63, 3.8) is 0 Å². The van der Waals surface area contributed by atoms with Crippen LogP contribution < -0.4 is 5.32 Å². The van der Waals surface area contributed by atoms with Crippen LogP contribution in [0, 0.1) is 5.92 Å². The van der Waals surface area contributed by atoms with Crippen LogP contribution in [0.2, 0.25) is 0 Å². The molecule has 9 nitrogen and oxygen atoms in total. The van der Waals surface area contributed by atoms with E-state index in [-0.39, 0.29) is 17.9 Å². The van der Waals surface area contributed by atoms with E-state index in [4.69, 9.17) is 14.2 Å². The van der Waals surface area contributed by atoms with Crippen molar-refractivity contribution in [2.45, 2.75) is 17.9 Å². The minimum absolute atomic E-state index is 0.106. The van der Waals surface area contributed by atoms with Gasteiger partial charge in [-0.1, -0.05) is 109 Å². The van der Waals surface area contributed by atoms with Gasteiger partial charge in [-0.25, -0.2) is 15.0 Å². The van der Waals surface area contributed by atoms with Crippen molar-refractivity contribution < 1.29 is 19.0 Å². The summed E-state index contributed by atoms with van der Waals surface area (Å²) in [5.74, 6) is -0.0554. The maximum absolute atomic E-state index is 12.9. The Kier molecular flexibility index (Phi) is 8.35. The predicted octanol–water partition coefficient (Wildman–Crippen LogP) is 6.25. The number of methoxy groups -OCH3 is 1. The van der Waals surface area contributed by atoms with E-state index in [1.165, 1.54) is 6.33 Å². The summed E-state index contributed by atoms with van der Waals surface area (Å²) >= 11 is 0. The molecule has 6 aromatic rings. The second-order valence-electron chi connectivity index (χ2n) is 11.1. The molecule has 0 bridgehead atoms. The molecule has 1 N–H and O–H groups in total. The van der Waals surface area contributed by atoms with Crippen molar-refractivity contribution in [3.05, 3.63) is 156 Å². The van der Waals surface area contributed by atoms with Crippen molar-refractivity contribution in [3.8, 4) is 0 Å². The van der Waals surface area contributed by atoms with Gasteiger partial charge in [0, 0.05) is 12.7 Å². The Labute approximate surface area is 266 Å². The van der Waals surface area contributed by atoms with Gasteiger partial charge in [0.2, 0.25) is 0 Å². The van der Waals surface area contributed by atoms with Crippen LogP contribution in [0.25, 0.3) is 11.2 Å². The first-order chi connectivity index (χ1) is 22.7. The molecule has 1 aliphatic rings. The van der Waals surface area contributed by atoms with Crippen molar-refractivity contribution in [1.82, 2.24) is 19.5 Å². The highest BCUT2D eigenvalue weighted by Gasteiger charge is 2.47. The third kappa shape index (κ3) is 5.45. The summed E-state index contributed by atoms with van der Waals surface area (Å²) in [6, 6.07) is 39.9. The monoisotopic (exact) mass is 611 g/mol. The van der Waals surface area contributed by atoms with Crippen molar-refractivity contribution in [1.29, 1.82) is 0 Å². The number of amides is 1. The van der Waals surface area contributed by atoms with Gasteiger partial charge >= 0.3 is 0 Å². The van der Waals surface area contributed by atoms with E-state index in [2.05, 4.69) is 56.7 Å². The molecule has 1 saturated heterocycles. The number of benzene rings is 4. The summed E-state index contributed by atoms with van der Waals surface area (Å²) in [6.07, 6.45) is 2.45. The number of anilines is 1. The van der Waals surface area contributed by atoms with E-state index in [9.17, 15) is 4.79 Å². The lowest BCUT2D eigenvalue weighted by Crippen LogP contribution is -2.51. The predicted molar refractivity (Wildman–Crippen MR) is 174 cm³/mol. The Morgan fingerprint density at radius 1 is 0.783 bits per heavy atom. The van der Waals surface area contributed by atoms with E-state index >= 15 is 0 Å². The maximum Gasteiger partial charge on any atom is 0.256 e. The fourth-order valence-corrected chi connectivity index (χ4v) is 6.15. The average Bonchev–Trinajstić information content (AvgIpc) is 3.54. The Balaban J connectivity index is 1.23. The van der Waals surface area contributed by atoms with Crippen LogP contribution in [-0.2, 0) is 19.8 Å². The van der Waals surface area contributed by atoms with Gasteiger partial charge < -0.3 is 19.5 Å². The van der Waals surface area contributed by atoms with E-state index < -0.39 is 11.8 Å². The highest BCUT2D eigenvalue weighted by atomic mass is 16.6. The SMILES string of the molecule is COC[C@H]1O[C@@H](n2cnc3c(NC(=O)c4ccccc4)ncnc32)[C@@H]1COC(c1ccccc1)(c1ccccc1)c1ccccc1. The van der Waals surface area contributed by atoms with Crippen LogP contribution in [0.1, 0.15) is 33.3 Å². The van der Waals surface area contributed by atoms with Crippen LogP contribution in [0.4, 0.5) is 5.82 Å². The number of rotatable bonds is 11. The molecule has 230 valence electrons. The molecule has 0 saturated carbocycles. The fraction of sp³-hybridized carbons (Fsp3) is 0.189. The fourth-order valence-electron chi connectivity index (χ4n) is 6.15. The normalized spacial score (nSPS) is 17.8. The zero-order chi connectivity index (χ0) is 31.3. The molecule has 3 heterocycles. The summed E-state index contributed by atoms with van der Waals surface area (Å²) < 4.78 is 21.0. The van der Waals surface area contributed by atoms with Crippen molar-refractivity contribution in [2.75, 3.05) is 25.6 Å². The lowest BCUT2D eigenvalue weighted by Gasteiger charge is -2.46. The third-order valence-electron chi connectivity index (χ3n) is 8.42. The van der Waals surface area contributed by atoms with E-state index in [0.717, 1.165) is 16.7 Å². The van der Waals surface area contributed by atoms with Gasteiger partial charge in [0.15, 0.2) is 17.0 Å². The molecule has 9 heteroatoms. The van der Waals surface area contributed by atoms with Gasteiger partial charge in [0.05, 0.1) is 31.6 Å².